The van der Waals surface area contributed by atoms with Crippen LogP contribution >= 0.6 is 0 Å². The molecule has 0 aliphatic carbocycles. The van der Waals surface area contributed by atoms with Crippen molar-refractivity contribution in [3.8, 4) is 5.75 Å². The molecule has 9 nitrogen and oxygen atoms in total. The third kappa shape index (κ3) is 5.25. The average molecular weight is 581 g/mol. The molecule has 2 aliphatic rings. The molecule has 2 atom stereocenters. The molecule has 222 valence electrons. The fourth-order valence-corrected chi connectivity index (χ4v) is 6.11. The van der Waals surface area contributed by atoms with E-state index in [0.717, 1.165) is 40.6 Å². The Balaban J connectivity index is 1.32. The number of nitrogens with zero attached hydrogens (tertiary/aromatic N) is 2. The molecule has 0 saturated carbocycles. The molecule has 0 unspecified atom stereocenters. The van der Waals surface area contributed by atoms with E-state index < -0.39 is 18.1 Å². The molecule has 6 rings (SSSR count). The number of ether oxygens (including phenoxy) is 2. The third-order valence-corrected chi connectivity index (χ3v) is 8.26. The predicted molar refractivity (Wildman–Crippen MR) is 164 cm³/mol. The number of unbranched alkanes of at least 4 members (excludes halogenated alkanes) is 1. The number of rotatable bonds is 11. The van der Waals surface area contributed by atoms with Gasteiger partial charge in [0.05, 0.1) is 18.4 Å². The van der Waals surface area contributed by atoms with Gasteiger partial charge in [-0.1, -0.05) is 55.8 Å². The van der Waals surface area contributed by atoms with Gasteiger partial charge < -0.3 is 19.8 Å². The van der Waals surface area contributed by atoms with Crippen LogP contribution in [0.2, 0.25) is 0 Å². The van der Waals surface area contributed by atoms with Gasteiger partial charge in [0.2, 0.25) is 0 Å². The summed E-state index contributed by atoms with van der Waals surface area (Å²) >= 11 is 0. The van der Waals surface area contributed by atoms with Gasteiger partial charge in [0.15, 0.2) is 0 Å². The van der Waals surface area contributed by atoms with E-state index >= 15 is 0 Å². The molecule has 0 spiro atoms. The Morgan fingerprint density at radius 3 is 2.51 bits per heavy atom. The zero-order chi connectivity index (χ0) is 29.9. The van der Waals surface area contributed by atoms with Crippen LogP contribution in [-0.2, 0) is 16.0 Å². The molecule has 1 aromatic heterocycles. The van der Waals surface area contributed by atoms with Crippen molar-refractivity contribution in [2.75, 3.05) is 31.8 Å². The number of hydrogen-bond acceptors (Lipinski definition) is 5. The molecule has 9 heteroatoms. The van der Waals surface area contributed by atoms with E-state index in [-0.39, 0.29) is 23.1 Å². The first kappa shape index (κ1) is 28.5. The highest BCUT2D eigenvalue weighted by Gasteiger charge is 2.53. The number of hydrogen-bond donors (Lipinski definition) is 2. The number of benzene rings is 3. The molecule has 4 aromatic rings. The van der Waals surface area contributed by atoms with Gasteiger partial charge in [-0.15, -0.1) is 0 Å². The Labute approximate surface area is 250 Å². The predicted octanol–water partition coefficient (Wildman–Crippen LogP) is 5.60. The van der Waals surface area contributed by atoms with E-state index in [1.54, 1.807) is 36.3 Å². The number of para-hydroxylation sites is 2. The fourth-order valence-electron chi connectivity index (χ4n) is 6.11. The Morgan fingerprint density at radius 1 is 0.977 bits per heavy atom. The van der Waals surface area contributed by atoms with E-state index in [4.69, 9.17) is 9.47 Å². The van der Waals surface area contributed by atoms with Gasteiger partial charge in [0.1, 0.15) is 17.8 Å². The quantitative estimate of drug-likeness (QED) is 0.178. The molecule has 4 amide bonds. The molecule has 2 aliphatic heterocycles. The van der Waals surface area contributed by atoms with Crippen LogP contribution in [0.1, 0.15) is 59.4 Å². The monoisotopic (exact) mass is 580 g/mol. The van der Waals surface area contributed by atoms with Crippen LogP contribution in [0.25, 0.3) is 10.9 Å². The largest absolute Gasteiger partial charge is 0.497 e. The second-order valence-electron chi connectivity index (χ2n) is 10.9. The van der Waals surface area contributed by atoms with Crippen LogP contribution in [0, 0.1) is 0 Å². The summed E-state index contributed by atoms with van der Waals surface area (Å²) in [5.74, 6) is 0.0208. The number of imide groups is 1. The number of fused-ring (bicyclic) bond motifs is 4. The van der Waals surface area contributed by atoms with E-state index in [1.165, 1.54) is 4.90 Å². The molecule has 1 fully saturated rings. The van der Waals surface area contributed by atoms with Crippen molar-refractivity contribution < 1.29 is 23.9 Å². The lowest BCUT2D eigenvalue weighted by Gasteiger charge is -2.36. The Hall–Kier alpha value is -4.63. The smallest absolute Gasteiger partial charge is 0.332 e. The van der Waals surface area contributed by atoms with Crippen molar-refractivity contribution in [3.05, 3.63) is 95.2 Å². The lowest BCUT2D eigenvalue weighted by molar-refractivity contribution is -0.120. The van der Waals surface area contributed by atoms with Crippen LogP contribution in [-0.4, -0.2) is 60.6 Å². The van der Waals surface area contributed by atoms with Gasteiger partial charge >= 0.3 is 6.03 Å². The van der Waals surface area contributed by atoms with Crippen molar-refractivity contribution >= 4 is 34.4 Å². The summed E-state index contributed by atoms with van der Waals surface area (Å²) in [6, 6.07) is 20.6. The highest BCUT2D eigenvalue weighted by molar-refractivity contribution is 6.24. The zero-order valence-electron chi connectivity index (χ0n) is 24.5. The van der Waals surface area contributed by atoms with E-state index in [0.29, 0.717) is 38.3 Å². The summed E-state index contributed by atoms with van der Waals surface area (Å²) in [6.45, 7) is 3.81. The van der Waals surface area contributed by atoms with Gasteiger partial charge in [-0.2, -0.15) is 0 Å². The number of carbonyl (C=O) groups excluding carboxylic acids is 3. The van der Waals surface area contributed by atoms with Crippen molar-refractivity contribution in [1.82, 2.24) is 15.2 Å². The van der Waals surface area contributed by atoms with Gasteiger partial charge in [0, 0.05) is 42.8 Å². The Kier molecular flexibility index (Phi) is 8.16. The normalized spacial score (nSPS) is 17.7. The van der Waals surface area contributed by atoms with Crippen LogP contribution < -0.4 is 15.0 Å². The second kappa shape index (κ2) is 12.3. The zero-order valence-corrected chi connectivity index (χ0v) is 24.5. The number of anilines is 1. The first-order valence-electron chi connectivity index (χ1n) is 14.9. The van der Waals surface area contributed by atoms with Gasteiger partial charge in [-0.25, -0.2) is 9.69 Å². The molecular formula is C34H36N4O5. The van der Waals surface area contributed by atoms with E-state index in [1.807, 2.05) is 48.5 Å². The molecular weight excluding hydrogens is 544 g/mol. The number of urea groups is 1. The molecule has 3 aromatic carbocycles. The van der Waals surface area contributed by atoms with Crippen LogP contribution in [0.15, 0.2) is 72.8 Å². The lowest BCUT2D eigenvalue weighted by Crippen LogP contribution is -2.44. The third-order valence-electron chi connectivity index (χ3n) is 8.26. The number of methoxy groups -OCH3 is 1. The maximum atomic E-state index is 14.3. The minimum atomic E-state index is -0.720. The minimum absolute atomic E-state index is 0.279. The van der Waals surface area contributed by atoms with Gasteiger partial charge in [-0.3, -0.25) is 14.5 Å². The molecule has 0 bridgehead atoms. The van der Waals surface area contributed by atoms with Gasteiger partial charge in [0.25, 0.3) is 11.8 Å². The highest BCUT2D eigenvalue weighted by atomic mass is 16.5. The first-order valence-corrected chi connectivity index (χ1v) is 14.9. The molecule has 3 heterocycles. The van der Waals surface area contributed by atoms with Crippen molar-refractivity contribution in [1.29, 1.82) is 0 Å². The maximum absolute atomic E-state index is 14.3. The summed E-state index contributed by atoms with van der Waals surface area (Å²) in [5.41, 5.74) is 4.28. The number of amides is 4. The van der Waals surface area contributed by atoms with Crippen LogP contribution in [0.3, 0.4) is 0 Å². The number of carbonyl (C=O) groups is 3. The van der Waals surface area contributed by atoms with Crippen LogP contribution in [0.5, 0.6) is 5.75 Å². The number of aromatic nitrogens is 1. The Bertz CT molecular complexity index is 1650. The van der Waals surface area contributed by atoms with Gasteiger partial charge in [-0.05, 0) is 54.3 Å². The van der Waals surface area contributed by atoms with Crippen molar-refractivity contribution in [2.45, 2.75) is 44.7 Å². The number of H-pyrrole nitrogens is 1. The van der Waals surface area contributed by atoms with Crippen molar-refractivity contribution in [2.24, 2.45) is 0 Å². The van der Waals surface area contributed by atoms with Crippen molar-refractivity contribution in [3.63, 3.8) is 0 Å². The topological polar surface area (TPSA) is 104 Å². The molecule has 2 N–H and O–H groups in total. The standard InChI is InChI=1S/C34H36N4O5/c1-3-4-19-43-20-9-18-35-32(39)25-11-6-8-13-28(25)38-33(40)29-21-26-24-10-5-7-12-27(24)36-30(26)31(37(29)34(38)41)22-14-16-23(42-2)17-15-22/h5-8,10-17,29,31,36H,3-4,9,18-21H2,1-2H3,(H,35,39)/t29-,31-/m0/s1. The highest BCUT2D eigenvalue weighted by Crippen LogP contribution is 2.45. The summed E-state index contributed by atoms with van der Waals surface area (Å²) in [4.78, 5) is 48.1. The Morgan fingerprint density at radius 2 is 1.72 bits per heavy atom. The average Bonchev–Trinajstić information content (AvgIpc) is 3.53. The fraction of sp³-hybridized carbons (Fsp3) is 0.324. The molecule has 43 heavy (non-hydrogen) atoms. The first-order chi connectivity index (χ1) is 21.0. The summed E-state index contributed by atoms with van der Waals surface area (Å²) < 4.78 is 11.0. The molecule has 1 saturated heterocycles. The molecule has 0 radical (unpaired) electrons. The summed E-state index contributed by atoms with van der Waals surface area (Å²) in [6.07, 6.45) is 3.13. The summed E-state index contributed by atoms with van der Waals surface area (Å²) in [5, 5.41) is 3.96. The van der Waals surface area contributed by atoms with E-state index in [2.05, 4.69) is 17.2 Å². The summed E-state index contributed by atoms with van der Waals surface area (Å²) in [7, 11) is 1.61. The SMILES string of the molecule is CCCCOCCCNC(=O)c1ccccc1N1C(=O)[C@@H]2Cc3c([nH]c4ccccc34)[C@H](c3ccc(OC)cc3)N2C1=O. The number of aromatic amines is 1. The van der Waals surface area contributed by atoms with E-state index in [9.17, 15) is 14.4 Å². The second-order valence-corrected chi connectivity index (χ2v) is 10.9. The van der Waals surface area contributed by atoms with Crippen LogP contribution in [0.4, 0.5) is 10.5 Å². The minimum Gasteiger partial charge on any atom is -0.497 e. The maximum Gasteiger partial charge on any atom is 0.332 e. The number of nitrogens with one attached hydrogen (secondary N) is 2. The lowest BCUT2D eigenvalue weighted by atomic mass is 9.89.